The molecule has 0 aliphatic carbocycles. The number of hydrogen-bond donors (Lipinski definition) is 2. The molecule has 1 heterocycles. The van der Waals surface area contributed by atoms with Gasteiger partial charge in [-0.15, -0.1) is 0 Å². The van der Waals surface area contributed by atoms with Gasteiger partial charge in [-0.25, -0.2) is 4.39 Å². The minimum atomic E-state index is -0.300. The molecule has 118 valence electrons. The van der Waals surface area contributed by atoms with Crippen LogP contribution in [0.1, 0.15) is 12.5 Å². The third kappa shape index (κ3) is 3.75. The molecule has 0 spiro atoms. The lowest BCUT2D eigenvalue weighted by molar-refractivity contribution is 0.174. The second-order valence-corrected chi connectivity index (χ2v) is 5.25. The van der Waals surface area contributed by atoms with Crippen molar-refractivity contribution in [3.05, 3.63) is 53.8 Å². The highest BCUT2D eigenvalue weighted by molar-refractivity contribution is 7.80. The van der Waals surface area contributed by atoms with Crippen molar-refractivity contribution in [3.8, 4) is 11.5 Å². The summed E-state index contributed by atoms with van der Waals surface area (Å²) in [7, 11) is 0. The van der Waals surface area contributed by atoms with Crippen molar-refractivity contribution in [2.75, 3.05) is 12.1 Å². The summed E-state index contributed by atoms with van der Waals surface area (Å²) in [4.78, 5) is 0. The predicted molar refractivity (Wildman–Crippen MR) is 90.5 cm³/mol. The van der Waals surface area contributed by atoms with Gasteiger partial charge >= 0.3 is 0 Å². The Morgan fingerprint density at radius 2 is 1.87 bits per heavy atom. The van der Waals surface area contributed by atoms with Gasteiger partial charge in [0.05, 0.1) is 5.71 Å². The van der Waals surface area contributed by atoms with E-state index in [4.69, 9.17) is 21.7 Å². The van der Waals surface area contributed by atoms with E-state index >= 15 is 0 Å². The number of hydrazone groups is 1. The lowest BCUT2D eigenvalue weighted by atomic mass is 10.1. The van der Waals surface area contributed by atoms with Crippen molar-refractivity contribution in [2.24, 2.45) is 5.10 Å². The van der Waals surface area contributed by atoms with Crippen LogP contribution in [0, 0.1) is 5.82 Å². The van der Waals surface area contributed by atoms with E-state index in [1.165, 1.54) is 12.1 Å². The first-order valence-electron chi connectivity index (χ1n) is 6.89. The van der Waals surface area contributed by atoms with Gasteiger partial charge in [0.1, 0.15) is 5.82 Å². The molecule has 23 heavy (non-hydrogen) atoms. The van der Waals surface area contributed by atoms with Crippen molar-refractivity contribution in [1.82, 2.24) is 5.43 Å². The van der Waals surface area contributed by atoms with Gasteiger partial charge in [-0.2, -0.15) is 5.10 Å². The molecule has 0 fully saturated rings. The van der Waals surface area contributed by atoms with Crippen LogP contribution in [0.5, 0.6) is 11.5 Å². The summed E-state index contributed by atoms with van der Waals surface area (Å²) in [6.45, 7) is 2.09. The third-order valence-corrected chi connectivity index (χ3v) is 3.41. The molecule has 0 aromatic heterocycles. The summed E-state index contributed by atoms with van der Waals surface area (Å²) in [5, 5.41) is 7.46. The van der Waals surface area contributed by atoms with E-state index in [0.717, 1.165) is 17.0 Å². The van der Waals surface area contributed by atoms with Crippen LogP contribution >= 0.6 is 12.2 Å². The van der Waals surface area contributed by atoms with E-state index in [9.17, 15) is 4.39 Å². The average molecular weight is 331 g/mol. The smallest absolute Gasteiger partial charge is 0.231 e. The van der Waals surface area contributed by atoms with Crippen molar-refractivity contribution in [2.45, 2.75) is 6.92 Å². The maximum absolute atomic E-state index is 12.8. The molecule has 2 aromatic rings. The zero-order valence-corrected chi connectivity index (χ0v) is 13.1. The Balaban J connectivity index is 1.62. The second kappa shape index (κ2) is 6.62. The summed E-state index contributed by atoms with van der Waals surface area (Å²) in [6.07, 6.45) is 0. The van der Waals surface area contributed by atoms with Gasteiger partial charge in [-0.3, -0.25) is 5.43 Å². The molecule has 0 atom stereocenters. The van der Waals surface area contributed by atoms with Crippen molar-refractivity contribution in [1.29, 1.82) is 0 Å². The van der Waals surface area contributed by atoms with Crippen LogP contribution in [-0.2, 0) is 0 Å². The Labute approximate surface area is 138 Å². The number of hydrogen-bond acceptors (Lipinski definition) is 4. The molecule has 0 unspecified atom stereocenters. The highest BCUT2D eigenvalue weighted by Gasteiger charge is 2.14. The fourth-order valence-corrected chi connectivity index (χ4v) is 2.18. The van der Waals surface area contributed by atoms with E-state index in [1.54, 1.807) is 12.1 Å². The summed E-state index contributed by atoms with van der Waals surface area (Å²) in [5.41, 5.74) is 5.07. The number of halogens is 1. The highest BCUT2D eigenvalue weighted by atomic mass is 32.1. The number of anilines is 1. The summed E-state index contributed by atoms with van der Waals surface area (Å²) in [6, 6.07) is 11.5. The van der Waals surface area contributed by atoms with Gasteiger partial charge in [0.25, 0.3) is 0 Å². The molecule has 0 saturated carbocycles. The fourth-order valence-electron chi connectivity index (χ4n) is 2.01. The van der Waals surface area contributed by atoms with E-state index in [1.807, 2.05) is 25.1 Å². The highest BCUT2D eigenvalue weighted by Crippen LogP contribution is 2.32. The maximum Gasteiger partial charge on any atom is 0.231 e. The molecular formula is C16H14FN3O2S. The lowest BCUT2D eigenvalue weighted by Crippen LogP contribution is -2.24. The Morgan fingerprint density at radius 3 is 2.65 bits per heavy atom. The Morgan fingerprint density at radius 1 is 1.13 bits per heavy atom. The van der Waals surface area contributed by atoms with Crippen molar-refractivity contribution in [3.63, 3.8) is 0 Å². The summed E-state index contributed by atoms with van der Waals surface area (Å²) < 4.78 is 23.5. The van der Waals surface area contributed by atoms with E-state index < -0.39 is 0 Å². The third-order valence-electron chi connectivity index (χ3n) is 3.22. The largest absolute Gasteiger partial charge is 0.454 e. The predicted octanol–water partition coefficient (Wildman–Crippen LogP) is 3.27. The first-order chi connectivity index (χ1) is 11.1. The second-order valence-electron chi connectivity index (χ2n) is 4.84. The number of rotatable bonds is 3. The minimum Gasteiger partial charge on any atom is -0.454 e. The van der Waals surface area contributed by atoms with E-state index in [2.05, 4.69) is 15.8 Å². The number of fused-ring (bicyclic) bond motifs is 1. The molecule has 5 nitrogen and oxygen atoms in total. The van der Waals surface area contributed by atoms with Gasteiger partial charge in [0, 0.05) is 11.3 Å². The SMILES string of the molecule is C/C(=N/NC(=S)Nc1ccc(F)cc1)c1ccc2c(c1)OCO2. The molecule has 2 aromatic carbocycles. The van der Waals surface area contributed by atoms with Crippen LogP contribution in [0.3, 0.4) is 0 Å². The van der Waals surface area contributed by atoms with Crippen LogP contribution in [0.25, 0.3) is 0 Å². The van der Waals surface area contributed by atoms with Gasteiger partial charge in [-0.1, -0.05) is 0 Å². The summed E-state index contributed by atoms with van der Waals surface area (Å²) >= 11 is 5.15. The maximum atomic E-state index is 12.8. The van der Waals surface area contributed by atoms with Crippen LogP contribution in [0.4, 0.5) is 10.1 Å². The van der Waals surface area contributed by atoms with E-state index in [-0.39, 0.29) is 12.6 Å². The molecule has 1 aliphatic heterocycles. The molecule has 0 amide bonds. The number of thiocarbonyl (C=S) groups is 1. The van der Waals surface area contributed by atoms with Gasteiger partial charge < -0.3 is 14.8 Å². The number of nitrogens with one attached hydrogen (secondary N) is 2. The zero-order chi connectivity index (χ0) is 16.2. The molecule has 0 radical (unpaired) electrons. The fraction of sp³-hybridized carbons (Fsp3) is 0.125. The van der Waals surface area contributed by atoms with Crippen molar-refractivity contribution < 1.29 is 13.9 Å². The van der Waals surface area contributed by atoms with Gasteiger partial charge in [-0.05, 0) is 61.6 Å². The Bertz CT molecular complexity index is 762. The topological polar surface area (TPSA) is 54.9 Å². The Kier molecular flexibility index (Phi) is 4.38. The van der Waals surface area contributed by atoms with Gasteiger partial charge in [0.2, 0.25) is 6.79 Å². The molecule has 0 bridgehead atoms. The van der Waals surface area contributed by atoms with Crippen LogP contribution < -0.4 is 20.2 Å². The molecule has 0 saturated heterocycles. The van der Waals surface area contributed by atoms with Crippen molar-refractivity contribution >= 4 is 28.7 Å². The standard InChI is InChI=1S/C16H14FN3O2S/c1-10(11-2-7-14-15(8-11)22-9-21-14)19-20-16(23)18-13-5-3-12(17)4-6-13/h2-8H,9H2,1H3,(H2,18,20,23)/b19-10-. The first-order valence-corrected chi connectivity index (χ1v) is 7.29. The number of benzene rings is 2. The first kappa shape index (κ1) is 15.2. The average Bonchev–Trinajstić information content (AvgIpc) is 3.02. The zero-order valence-electron chi connectivity index (χ0n) is 12.3. The number of ether oxygens (including phenoxy) is 2. The van der Waals surface area contributed by atoms with Crippen LogP contribution in [-0.4, -0.2) is 17.6 Å². The van der Waals surface area contributed by atoms with Crippen LogP contribution in [0.2, 0.25) is 0 Å². The van der Waals surface area contributed by atoms with Gasteiger partial charge in [0.15, 0.2) is 16.6 Å². The Hall–Kier alpha value is -2.67. The van der Waals surface area contributed by atoms with E-state index in [0.29, 0.717) is 16.5 Å². The quantitative estimate of drug-likeness (QED) is 0.514. The normalized spacial score (nSPS) is 12.9. The molecule has 7 heteroatoms. The number of nitrogens with zero attached hydrogens (tertiary/aromatic N) is 1. The monoisotopic (exact) mass is 331 g/mol. The molecular weight excluding hydrogens is 317 g/mol. The minimum absolute atomic E-state index is 0.235. The van der Waals surface area contributed by atoms with Crippen LogP contribution in [0.15, 0.2) is 47.6 Å². The molecule has 2 N–H and O–H groups in total. The molecule has 3 rings (SSSR count). The lowest BCUT2D eigenvalue weighted by Gasteiger charge is -2.08. The summed E-state index contributed by atoms with van der Waals surface area (Å²) in [5.74, 6) is 1.12. The molecule has 1 aliphatic rings.